The average molecular weight is 267 g/mol. The number of fused-ring (bicyclic) bond motifs is 1. The fourth-order valence-electron chi connectivity index (χ4n) is 2.02. The number of hydrogen-bond acceptors (Lipinski definition) is 3. The lowest BCUT2D eigenvalue weighted by molar-refractivity contribution is 0.480. The maximum absolute atomic E-state index is 9.81. The molecule has 1 N–H and O–H groups in total. The summed E-state index contributed by atoms with van der Waals surface area (Å²) < 4.78 is 0. The molecule has 3 aromatic rings. The number of benzene rings is 2. The van der Waals surface area contributed by atoms with Gasteiger partial charge in [0.2, 0.25) is 0 Å². The molecule has 0 atom stereocenters. The van der Waals surface area contributed by atoms with Gasteiger partial charge in [-0.25, -0.2) is 0 Å². The van der Waals surface area contributed by atoms with Gasteiger partial charge in [-0.15, -0.1) is 11.8 Å². The Kier molecular flexibility index (Phi) is 3.38. The maximum Gasteiger partial charge on any atom is 0.141 e. The first-order valence-electron chi connectivity index (χ1n) is 6.08. The van der Waals surface area contributed by atoms with Crippen molar-refractivity contribution in [2.75, 3.05) is 0 Å². The predicted molar refractivity (Wildman–Crippen MR) is 79.4 cm³/mol. The highest BCUT2D eigenvalue weighted by Gasteiger charge is 2.06. The molecule has 0 bridgehead atoms. The summed E-state index contributed by atoms with van der Waals surface area (Å²) in [6.07, 6.45) is 1.70. The molecule has 2 nitrogen and oxygen atoms in total. The number of thioether (sulfide) groups is 1. The summed E-state index contributed by atoms with van der Waals surface area (Å²) >= 11 is 1.78. The van der Waals surface area contributed by atoms with Crippen LogP contribution in [0.1, 0.15) is 5.56 Å². The Balaban J connectivity index is 1.91. The molecule has 0 aliphatic rings. The Morgan fingerprint density at radius 1 is 0.947 bits per heavy atom. The second kappa shape index (κ2) is 5.33. The van der Waals surface area contributed by atoms with E-state index in [1.54, 1.807) is 24.0 Å². The molecule has 0 saturated carbocycles. The lowest BCUT2D eigenvalue weighted by atomic mass is 10.1. The summed E-state index contributed by atoms with van der Waals surface area (Å²) in [6, 6.07) is 17.9. The van der Waals surface area contributed by atoms with E-state index in [-0.39, 0.29) is 5.75 Å². The minimum Gasteiger partial charge on any atom is -0.506 e. The largest absolute Gasteiger partial charge is 0.506 e. The lowest BCUT2D eigenvalue weighted by Gasteiger charge is -2.07. The van der Waals surface area contributed by atoms with Crippen LogP contribution in [0.2, 0.25) is 0 Å². The number of pyridine rings is 1. The zero-order valence-corrected chi connectivity index (χ0v) is 11.1. The summed E-state index contributed by atoms with van der Waals surface area (Å²) in [5, 5.41) is 10.8. The van der Waals surface area contributed by atoms with Gasteiger partial charge in [0.25, 0.3) is 0 Å². The van der Waals surface area contributed by atoms with Crippen LogP contribution in [0.4, 0.5) is 0 Å². The van der Waals surface area contributed by atoms with E-state index in [0.29, 0.717) is 5.52 Å². The van der Waals surface area contributed by atoms with Crippen molar-refractivity contribution in [2.45, 2.75) is 10.6 Å². The zero-order chi connectivity index (χ0) is 13.1. The Morgan fingerprint density at radius 3 is 2.63 bits per heavy atom. The van der Waals surface area contributed by atoms with Gasteiger partial charge in [-0.1, -0.05) is 30.3 Å². The van der Waals surface area contributed by atoms with Crippen LogP contribution < -0.4 is 0 Å². The van der Waals surface area contributed by atoms with Gasteiger partial charge < -0.3 is 5.11 Å². The van der Waals surface area contributed by atoms with Crippen molar-refractivity contribution in [3.8, 4) is 5.75 Å². The Hall–Kier alpha value is -2.00. The first-order valence-corrected chi connectivity index (χ1v) is 7.06. The van der Waals surface area contributed by atoms with Crippen molar-refractivity contribution < 1.29 is 5.11 Å². The zero-order valence-electron chi connectivity index (χ0n) is 10.3. The van der Waals surface area contributed by atoms with E-state index in [0.717, 1.165) is 11.1 Å². The third-order valence-corrected chi connectivity index (χ3v) is 4.04. The summed E-state index contributed by atoms with van der Waals surface area (Å²) in [5.41, 5.74) is 1.86. The molecule has 1 aromatic heterocycles. The third kappa shape index (κ3) is 2.56. The normalized spacial score (nSPS) is 10.7. The summed E-state index contributed by atoms with van der Waals surface area (Å²) in [7, 11) is 0. The minimum atomic E-state index is 0.240. The number of aromatic nitrogens is 1. The SMILES string of the molecule is Oc1ccc(CSc2ccccc2)c2cccnc12. The van der Waals surface area contributed by atoms with Crippen LogP contribution in [0.5, 0.6) is 5.75 Å². The van der Waals surface area contributed by atoms with Crippen LogP contribution in [0, 0.1) is 0 Å². The van der Waals surface area contributed by atoms with Crippen LogP contribution in [0.25, 0.3) is 10.9 Å². The fourth-order valence-corrected chi connectivity index (χ4v) is 2.94. The van der Waals surface area contributed by atoms with Gasteiger partial charge in [0.15, 0.2) is 0 Å². The quantitative estimate of drug-likeness (QED) is 0.721. The molecule has 19 heavy (non-hydrogen) atoms. The van der Waals surface area contributed by atoms with Crippen molar-refractivity contribution in [2.24, 2.45) is 0 Å². The van der Waals surface area contributed by atoms with Gasteiger partial charge in [-0.2, -0.15) is 0 Å². The Morgan fingerprint density at radius 2 is 1.79 bits per heavy atom. The van der Waals surface area contributed by atoms with E-state index in [1.807, 2.05) is 36.4 Å². The van der Waals surface area contributed by atoms with E-state index in [9.17, 15) is 5.11 Å². The lowest BCUT2D eigenvalue weighted by Crippen LogP contribution is -1.86. The first kappa shape index (κ1) is 12.1. The molecule has 94 valence electrons. The molecular weight excluding hydrogens is 254 g/mol. The maximum atomic E-state index is 9.81. The number of phenolic OH excluding ortho intramolecular Hbond substituents is 1. The highest BCUT2D eigenvalue weighted by atomic mass is 32.2. The van der Waals surface area contributed by atoms with Crippen molar-refractivity contribution in [1.82, 2.24) is 4.98 Å². The van der Waals surface area contributed by atoms with Crippen LogP contribution in [-0.4, -0.2) is 10.1 Å². The fraction of sp³-hybridized carbons (Fsp3) is 0.0625. The topological polar surface area (TPSA) is 33.1 Å². The Bertz CT molecular complexity index is 697. The molecule has 0 aliphatic heterocycles. The van der Waals surface area contributed by atoms with Crippen molar-refractivity contribution in [1.29, 1.82) is 0 Å². The monoisotopic (exact) mass is 267 g/mol. The molecule has 0 amide bonds. The van der Waals surface area contributed by atoms with E-state index >= 15 is 0 Å². The standard InChI is InChI=1S/C16H13NOS/c18-15-9-8-12(14-7-4-10-17-16(14)15)11-19-13-5-2-1-3-6-13/h1-10,18H,11H2. The minimum absolute atomic E-state index is 0.240. The van der Waals surface area contributed by atoms with Gasteiger partial charge in [0, 0.05) is 22.2 Å². The number of phenols is 1. The molecule has 0 saturated heterocycles. The van der Waals surface area contributed by atoms with Gasteiger partial charge >= 0.3 is 0 Å². The number of nitrogens with zero attached hydrogens (tertiary/aromatic N) is 1. The molecule has 3 rings (SSSR count). The molecule has 1 heterocycles. The second-order valence-corrected chi connectivity index (χ2v) is 5.29. The van der Waals surface area contributed by atoms with Gasteiger partial charge in [-0.05, 0) is 29.8 Å². The van der Waals surface area contributed by atoms with E-state index in [4.69, 9.17) is 0 Å². The van der Waals surface area contributed by atoms with Crippen LogP contribution in [-0.2, 0) is 5.75 Å². The number of rotatable bonds is 3. The van der Waals surface area contributed by atoms with Crippen LogP contribution in [0.3, 0.4) is 0 Å². The van der Waals surface area contributed by atoms with Crippen LogP contribution in [0.15, 0.2) is 65.7 Å². The molecule has 0 fully saturated rings. The third-order valence-electron chi connectivity index (χ3n) is 2.98. The molecule has 3 heteroatoms. The summed E-state index contributed by atoms with van der Waals surface area (Å²) in [6.45, 7) is 0. The smallest absolute Gasteiger partial charge is 0.141 e. The van der Waals surface area contributed by atoms with Gasteiger partial charge in [0.1, 0.15) is 11.3 Å². The number of hydrogen-bond donors (Lipinski definition) is 1. The van der Waals surface area contributed by atoms with Crippen molar-refractivity contribution >= 4 is 22.7 Å². The summed E-state index contributed by atoms with van der Waals surface area (Å²) in [4.78, 5) is 5.48. The molecule has 2 aromatic carbocycles. The second-order valence-electron chi connectivity index (χ2n) is 4.25. The van der Waals surface area contributed by atoms with E-state index < -0.39 is 0 Å². The molecule has 0 aliphatic carbocycles. The van der Waals surface area contributed by atoms with Crippen molar-refractivity contribution in [3.63, 3.8) is 0 Å². The van der Waals surface area contributed by atoms with E-state index in [1.165, 1.54) is 10.5 Å². The first-order chi connectivity index (χ1) is 9.34. The van der Waals surface area contributed by atoms with E-state index in [2.05, 4.69) is 17.1 Å². The molecular formula is C16H13NOS. The van der Waals surface area contributed by atoms with Crippen molar-refractivity contribution in [3.05, 3.63) is 66.4 Å². The van der Waals surface area contributed by atoms with Gasteiger partial charge in [-0.3, -0.25) is 4.98 Å². The molecule has 0 unspecified atom stereocenters. The highest BCUT2D eigenvalue weighted by Crippen LogP contribution is 2.30. The molecule has 0 radical (unpaired) electrons. The predicted octanol–water partition coefficient (Wildman–Crippen LogP) is 4.23. The number of aromatic hydroxyl groups is 1. The average Bonchev–Trinajstić information content (AvgIpc) is 2.48. The van der Waals surface area contributed by atoms with Crippen LogP contribution >= 0.6 is 11.8 Å². The molecule has 0 spiro atoms. The summed E-state index contributed by atoms with van der Waals surface area (Å²) in [5.74, 6) is 1.11. The highest BCUT2D eigenvalue weighted by molar-refractivity contribution is 7.98. The van der Waals surface area contributed by atoms with Gasteiger partial charge in [0.05, 0.1) is 0 Å². The Labute approximate surface area is 116 Å².